The van der Waals surface area contributed by atoms with Gasteiger partial charge in [-0.3, -0.25) is 4.79 Å². The average molecular weight is 299 g/mol. The Morgan fingerprint density at radius 3 is 2.62 bits per heavy atom. The first-order chi connectivity index (χ1) is 10.0. The predicted molar refractivity (Wildman–Crippen MR) is 77.2 cm³/mol. The third-order valence-electron chi connectivity index (χ3n) is 4.19. The first-order valence-corrected chi connectivity index (χ1v) is 7.59. The molecule has 0 aromatic carbocycles. The first-order valence-electron chi connectivity index (χ1n) is 7.59. The molecular formula is C14H25N3O4. The maximum Gasteiger partial charge on any atom is 0.317 e. The van der Waals surface area contributed by atoms with Crippen LogP contribution in [0.4, 0.5) is 4.79 Å². The number of morpholine rings is 1. The van der Waals surface area contributed by atoms with Crippen LogP contribution in [0.3, 0.4) is 0 Å². The monoisotopic (exact) mass is 299 g/mol. The van der Waals surface area contributed by atoms with Crippen LogP contribution in [0, 0.1) is 5.92 Å². The highest BCUT2D eigenvalue weighted by molar-refractivity contribution is 5.74. The summed E-state index contributed by atoms with van der Waals surface area (Å²) in [6.07, 6.45) is 1.79. The zero-order valence-corrected chi connectivity index (χ0v) is 12.6. The topological polar surface area (TPSA) is 82.1 Å². The van der Waals surface area contributed by atoms with Gasteiger partial charge < -0.3 is 25.0 Å². The molecule has 0 radical (unpaired) electrons. The molecular weight excluding hydrogens is 274 g/mol. The molecule has 7 heteroatoms. The number of urea groups is 1. The standard InChI is InChI=1S/C14H25N3O4/c1-16-6-7-21-12(10-16)9-15-14(20)17-4-2-11(3-5-17)8-13(18)19/h11-12H,2-10H2,1H3,(H,15,20)(H,18,19). The maximum atomic E-state index is 12.1. The molecule has 7 nitrogen and oxygen atoms in total. The van der Waals surface area contributed by atoms with Gasteiger partial charge in [-0.25, -0.2) is 4.79 Å². The molecule has 1 unspecified atom stereocenters. The summed E-state index contributed by atoms with van der Waals surface area (Å²) < 4.78 is 5.61. The number of carbonyl (C=O) groups is 2. The zero-order valence-electron chi connectivity index (χ0n) is 12.6. The fourth-order valence-electron chi connectivity index (χ4n) is 2.89. The molecule has 0 bridgehead atoms. The Bertz CT molecular complexity index is 369. The minimum absolute atomic E-state index is 0.0530. The molecule has 2 saturated heterocycles. The van der Waals surface area contributed by atoms with Crippen LogP contribution in [0.25, 0.3) is 0 Å². The van der Waals surface area contributed by atoms with Crippen LogP contribution in [0.2, 0.25) is 0 Å². The van der Waals surface area contributed by atoms with E-state index in [2.05, 4.69) is 10.2 Å². The van der Waals surface area contributed by atoms with E-state index in [0.29, 0.717) is 26.2 Å². The van der Waals surface area contributed by atoms with Gasteiger partial charge in [0, 0.05) is 39.1 Å². The summed E-state index contributed by atoms with van der Waals surface area (Å²) >= 11 is 0. The van der Waals surface area contributed by atoms with Gasteiger partial charge in [0.2, 0.25) is 0 Å². The Morgan fingerprint density at radius 2 is 2.00 bits per heavy atom. The van der Waals surface area contributed by atoms with E-state index in [1.807, 2.05) is 7.05 Å². The fraction of sp³-hybridized carbons (Fsp3) is 0.857. The van der Waals surface area contributed by atoms with Gasteiger partial charge in [0.1, 0.15) is 0 Å². The molecule has 2 rings (SSSR count). The van der Waals surface area contributed by atoms with E-state index < -0.39 is 5.97 Å². The molecule has 0 aromatic rings. The number of rotatable bonds is 4. The summed E-state index contributed by atoms with van der Waals surface area (Å²) in [6, 6.07) is -0.0689. The number of likely N-dealkylation sites (tertiary alicyclic amines) is 1. The molecule has 0 aliphatic carbocycles. The Kier molecular flexibility index (Phi) is 5.81. The van der Waals surface area contributed by atoms with E-state index in [0.717, 1.165) is 25.9 Å². The maximum absolute atomic E-state index is 12.1. The second-order valence-corrected chi connectivity index (χ2v) is 5.97. The van der Waals surface area contributed by atoms with E-state index in [1.165, 1.54) is 0 Å². The van der Waals surface area contributed by atoms with Crippen molar-refractivity contribution < 1.29 is 19.4 Å². The Morgan fingerprint density at radius 1 is 1.29 bits per heavy atom. The summed E-state index contributed by atoms with van der Waals surface area (Å²) in [4.78, 5) is 26.7. The number of ether oxygens (including phenoxy) is 1. The van der Waals surface area contributed by atoms with E-state index in [1.54, 1.807) is 4.90 Å². The van der Waals surface area contributed by atoms with E-state index in [4.69, 9.17) is 9.84 Å². The van der Waals surface area contributed by atoms with Crippen molar-refractivity contribution in [3.63, 3.8) is 0 Å². The van der Waals surface area contributed by atoms with Gasteiger partial charge in [-0.1, -0.05) is 0 Å². The van der Waals surface area contributed by atoms with E-state index in [9.17, 15) is 9.59 Å². The lowest BCUT2D eigenvalue weighted by atomic mass is 9.94. The molecule has 2 aliphatic rings. The summed E-state index contributed by atoms with van der Waals surface area (Å²) in [5.74, 6) is -0.557. The molecule has 0 saturated carbocycles. The van der Waals surface area contributed by atoms with Gasteiger partial charge in [0.15, 0.2) is 0 Å². The van der Waals surface area contributed by atoms with Crippen molar-refractivity contribution in [3.05, 3.63) is 0 Å². The molecule has 0 spiro atoms. The molecule has 0 aromatic heterocycles. The van der Waals surface area contributed by atoms with Crippen molar-refractivity contribution in [2.24, 2.45) is 5.92 Å². The number of nitrogens with zero attached hydrogens (tertiary/aromatic N) is 2. The summed E-state index contributed by atoms with van der Waals surface area (Å²) in [6.45, 7) is 4.27. The number of nitrogens with one attached hydrogen (secondary N) is 1. The van der Waals surface area contributed by atoms with Crippen molar-refractivity contribution in [2.45, 2.75) is 25.4 Å². The number of carboxylic acid groups (broad SMARTS) is 1. The lowest BCUT2D eigenvalue weighted by Gasteiger charge is -2.33. The number of likely N-dealkylation sites (N-methyl/N-ethyl adjacent to an activating group) is 1. The van der Waals surface area contributed by atoms with Gasteiger partial charge in [0.05, 0.1) is 12.7 Å². The smallest absolute Gasteiger partial charge is 0.317 e. The van der Waals surface area contributed by atoms with Crippen LogP contribution in [0.1, 0.15) is 19.3 Å². The predicted octanol–water partition coefficient (Wildman–Crippen LogP) is 0.213. The van der Waals surface area contributed by atoms with Crippen LogP contribution in [0.15, 0.2) is 0 Å². The van der Waals surface area contributed by atoms with Crippen LogP contribution < -0.4 is 5.32 Å². The summed E-state index contributed by atoms with van der Waals surface area (Å²) in [5, 5.41) is 11.7. The minimum atomic E-state index is -0.753. The van der Waals surface area contributed by atoms with Gasteiger partial charge in [-0.15, -0.1) is 0 Å². The first kappa shape index (κ1) is 16.0. The van der Waals surface area contributed by atoms with Crippen molar-refractivity contribution in [3.8, 4) is 0 Å². The second kappa shape index (κ2) is 7.61. The molecule has 2 fully saturated rings. The van der Waals surface area contributed by atoms with Gasteiger partial charge >= 0.3 is 12.0 Å². The number of hydrogen-bond acceptors (Lipinski definition) is 4. The van der Waals surface area contributed by atoms with Crippen LogP contribution in [-0.2, 0) is 9.53 Å². The number of aliphatic carboxylic acids is 1. The SMILES string of the molecule is CN1CCOC(CNC(=O)N2CCC(CC(=O)O)CC2)C1. The van der Waals surface area contributed by atoms with Gasteiger partial charge in [0.25, 0.3) is 0 Å². The lowest BCUT2D eigenvalue weighted by Crippen LogP contribution is -2.50. The quantitative estimate of drug-likeness (QED) is 0.775. The van der Waals surface area contributed by atoms with E-state index in [-0.39, 0.29) is 24.5 Å². The number of piperidine rings is 1. The minimum Gasteiger partial charge on any atom is -0.481 e. The highest BCUT2D eigenvalue weighted by atomic mass is 16.5. The fourth-order valence-corrected chi connectivity index (χ4v) is 2.89. The highest BCUT2D eigenvalue weighted by Gasteiger charge is 2.25. The molecule has 120 valence electrons. The molecule has 2 amide bonds. The van der Waals surface area contributed by atoms with Crippen molar-refractivity contribution >= 4 is 12.0 Å². The highest BCUT2D eigenvalue weighted by Crippen LogP contribution is 2.20. The van der Waals surface area contributed by atoms with Crippen LogP contribution in [-0.4, -0.2) is 79.4 Å². The number of hydrogen-bond donors (Lipinski definition) is 2. The second-order valence-electron chi connectivity index (χ2n) is 5.97. The largest absolute Gasteiger partial charge is 0.481 e. The Hall–Kier alpha value is -1.34. The molecule has 2 N–H and O–H groups in total. The third-order valence-corrected chi connectivity index (χ3v) is 4.19. The Balaban J connectivity index is 1.66. The van der Waals surface area contributed by atoms with E-state index >= 15 is 0 Å². The van der Waals surface area contributed by atoms with Crippen LogP contribution >= 0.6 is 0 Å². The van der Waals surface area contributed by atoms with Crippen molar-refractivity contribution in [1.82, 2.24) is 15.1 Å². The molecule has 2 heterocycles. The van der Waals surface area contributed by atoms with Crippen molar-refractivity contribution in [2.75, 3.05) is 46.4 Å². The third kappa shape index (κ3) is 5.17. The lowest BCUT2D eigenvalue weighted by molar-refractivity contribution is -0.138. The number of carboxylic acids is 1. The summed E-state index contributed by atoms with van der Waals surface area (Å²) in [7, 11) is 2.05. The molecule has 21 heavy (non-hydrogen) atoms. The van der Waals surface area contributed by atoms with Crippen LogP contribution in [0.5, 0.6) is 0 Å². The Labute approximate surface area is 125 Å². The number of carbonyl (C=O) groups excluding carboxylic acids is 1. The van der Waals surface area contributed by atoms with Gasteiger partial charge in [-0.05, 0) is 25.8 Å². The van der Waals surface area contributed by atoms with Gasteiger partial charge in [-0.2, -0.15) is 0 Å². The normalized spacial score (nSPS) is 24.8. The molecule has 2 aliphatic heterocycles. The summed E-state index contributed by atoms with van der Waals surface area (Å²) in [5.41, 5.74) is 0. The average Bonchev–Trinajstić information content (AvgIpc) is 2.45. The van der Waals surface area contributed by atoms with Crippen molar-refractivity contribution in [1.29, 1.82) is 0 Å². The zero-order chi connectivity index (χ0) is 15.2. The molecule has 1 atom stereocenters. The number of amides is 2.